The third kappa shape index (κ3) is 4.94. The molecule has 34 heavy (non-hydrogen) atoms. The average molecular weight is 459 g/mol. The number of hydrogen-bond acceptors (Lipinski definition) is 5. The number of methoxy groups -OCH3 is 2. The van der Waals surface area contributed by atoms with Crippen molar-refractivity contribution in [2.24, 2.45) is 7.05 Å². The first-order valence-electron chi connectivity index (χ1n) is 11.2. The lowest BCUT2D eigenvalue weighted by molar-refractivity contribution is 0.0670. The van der Waals surface area contributed by atoms with Gasteiger partial charge in [0.25, 0.3) is 5.91 Å². The van der Waals surface area contributed by atoms with Crippen LogP contribution in [0.4, 0.5) is 0 Å². The summed E-state index contributed by atoms with van der Waals surface area (Å²) in [6, 6.07) is 18.0. The van der Waals surface area contributed by atoms with Gasteiger partial charge in [0.1, 0.15) is 11.4 Å². The molecular weight excluding hydrogens is 428 g/mol. The van der Waals surface area contributed by atoms with Gasteiger partial charge in [0.05, 0.1) is 30.6 Å². The Morgan fingerprint density at radius 3 is 2.56 bits per heavy atom. The Balaban J connectivity index is 1.81. The van der Waals surface area contributed by atoms with Crippen molar-refractivity contribution in [3.63, 3.8) is 0 Å². The zero-order valence-corrected chi connectivity index (χ0v) is 20.3. The number of pyridine rings is 1. The highest BCUT2D eigenvalue weighted by Gasteiger charge is 2.22. The molecule has 0 aliphatic rings. The lowest BCUT2D eigenvalue weighted by Gasteiger charge is -2.24. The maximum Gasteiger partial charge on any atom is 0.272 e. The maximum absolute atomic E-state index is 13.5. The number of nitrogens with zero attached hydrogens (tertiary/aromatic N) is 4. The summed E-state index contributed by atoms with van der Waals surface area (Å²) in [7, 11) is 5.08. The Morgan fingerprint density at radius 1 is 1.06 bits per heavy atom. The minimum Gasteiger partial charge on any atom is -0.497 e. The summed E-state index contributed by atoms with van der Waals surface area (Å²) < 4.78 is 12.3. The maximum atomic E-state index is 13.5. The molecule has 0 atom stereocenters. The molecule has 4 rings (SSSR count). The number of carbonyl (C=O) groups excluding carboxylic acids is 1. The van der Waals surface area contributed by atoms with Gasteiger partial charge in [-0.15, -0.1) is 0 Å². The summed E-state index contributed by atoms with van der Waals surface area (Å²) in [6.45, 7) is 5.22. The Bertz CT molecular complexity index is 1330. The largest absolute Gasteiger partial charge is 0.497 e. The van der Waals surface area contributed by atoms with Crippen LogP contribution in [0.25, 0.3) is 22.2 Å². The predicted octanol–water partition coefficient (Wildman–Crippen LogP) is 4.55. The quantitative estimate of drug-likeness (QED) is 0.387. The summed E-state index contributed by atoms with van der Waals surface area (Å²) in [4.78, 5) is 20.3. The monoisotopic (exact) mass is 458 g/mol. The highest BCUT2D eigenvalue weighted by atomic mass is 16.5. The standard InChI is InChI=1S/C27H30N4O3/c1-18-7-6-8-21(13-18)26-22(15-20-9-10-23(34-5)16-24(20)28-26)17-31(11-12-33-4)27(32)25-14-19(2)29-30(25)3/h6-10,13-16H,11-12,17H2,1-5H3. The first-order chi connectivity index (χ1) is 16.4. The molecular formula is C27H30N4O3. The van der Waals surface area contributed by atoms with E-state index in [1.54, 1.807) is 30.8 Å². The SMILES string of the molecule is COCCN(Cc1cc2ccc(OC)cc2nc1-c1cccc(C)c1)C(=O)c1cc(C)nn1C. The summed E-state index contributed by atoms with van der Waals surface area (Å²) >= 11 is 0. The zero-order valence-electron chi connectivity index (χ0n) is 20.3. The molecule has 0 N–H and O–H groups in total. The number of carbonyl (C=O) groups is 1. The first kappa shape index (κ1) is 23.4. The molecule has 4 aromatic rings. The predicted molar refractivity (Wildman–Crippen MR) is 133 cm³/mol. The molecule has 0 saturated heterocycles. The molecule has 1 amide bonds. The van der Waals surface area contributed by atoms with Crippen molar-refractivity contribution in [1.82, 2.24) is 19.7 Å². The zero-order chi connectivity index (χ0) is 24.2. The van der Waals surface area contributed by atoms with Gasteiger partial charge in [0.2, 0.25) is 0 Å². The van der Waals surface area contributed by atoms with E-state index in [1.165, 1.54) is 0 Å². The number of amides is 1. The van der Waals surface area contributed by atoms with Crippen LogP contribution in [0.2, 0.25) is 0 Å². The van der Waals surface area contributed by atoms with Gasteiger partial charge in [-0.05, 0) is 49.7 Å². The Labute approximate surface area is 199 Å². The number of hydrogen-bond donors (Lipinski definition) is 0. The van der Waals surface area contributed by atoms with Gasteiger partial charge < -0.3 is 14.4 Å². The molecule has 0 spiro atoms. The summed E-state index contributed by atoms with van der Waals surface area (Å²) in [5.74, 6) is 0.664. The van der Waals surface area contributed by atoms with Gasteiger partial charge in [0.15, 0.2) is 0 Å². The normalized spacial score (nSPS) is 11.1. The number of aromatic nitrogens is 3. The second-order valence-corrected chi connectivity index (χ2v) is 8.44. The van der Waals surface area contributed by atoms with Crippen molar-refractivity contribution in [3.8, 4) is 17.0 Å². The fraction of sp³-hybridized carbons (Fsp3) is 0.296. The van der Waals surface area contributed by atoms with Crippen LogP contribution < -0.4 is 4.74 Å². The summed E-state index contributed by atoms with van der Waals surface area (Å²) in [5.41, 5.74) is 6.16. The van der Waals surface area contributed by atoms with Gasteiger partial charge in [-0.2, -0.15) is 5.10 Å². The number of ether oxygens (including phenoxy) is 2. The van der Waals surface area contributed by atoms with E-state index in [0.29, 0.717) is 25.4 Å². The fourth-order valence-corrected chi connectivity index (χ4v) is 4.11. The fourth-order valence-electron chi connectivity index (χ4n) is 4.11. The average Bonchev–Trinajstić information content (AvgIpc) is 3.18. The molecule has 0 fully saturated rings. The number of aryl methyl sites for hydroxylation is 3. The summed E-state index contributed by atoms with van der Waals surface area (Å²) in [6.07, 6.45) is 0. The van der Waals surface area contributed by atoms with Gasteiger partial charge in [-0.25, -0.2) is 4.98 Å². The van der Waals surface area contributed by atoms with E-state index in [0.717, 1.165) is 44.7 Å². The lowest BCUT2D eigenvalue weighted by Crippen LogP contribution is -2.35. The molecule has 0 aliphatic heterocycles. The minimum atomic E-state index is -0.0924. The van der Waals surface area contributed by atoms with E-state index < -0.39 is 0 Å². The van der Waals surface area contributed by atoms with Crippen LogP contribution in [-0.4, -0.2) is 52.9 Å². The number of benzene rings is 2. The number of rotatable bonds is 8. The molecule has 2 aromatic heterocycles. The molecule has 0 saturated carbocycles. The van der Waals surface area contributed by atoms with E-state index in [9.17, 15) is 4.79 Å². The van der Waals surface area contributed by atoms with Crippen molar-refractivity contribution >= 4 is 16.8 Å². The second kappa shape index (κ2) is 10.1. The smallest absolute Gasteiger partial charge is 0.272 e. The van der Waals surface area contributed by atoms with Crippen LogP contribution in [0.15, 0.2) is 54.6 Å². The van der Waals surface area contributed by atoms with Crippen molar-refractivity contribution in [2.75, 3.05) is 27.4 Å². The van der Waals surface area contributed by atoms with Crippen LogP contribution in [0, 0.1) is 13.8 Å². The van der Waals surface area contributed by atoms with Crippen LogP contribution in [0.1, 0.15) is 27.3 Å². The Kier molecular flexibility index (Phi) is 6.93. The van der Waals surface area contributed by atoms with E-state index in [2.05, 4.69) is 36.3 Å². The van der Waals surface area contributed by atoms with E-state index in [4.69, 9.17) is 14.5 Å². The van der Waals surface area contributed by atoms with Crippen LogP contribution in [0.3, 0.4) is 0 Å². The first-order valence-corrected chi connectivity index (χ1v) is 11.2. The van der Waals surface area contributed by atoms with Crippen molar-refractivity contribution in [2.45, 2.75) is 20.4 Å². The van der Waals surface area contributed by atoms with Gasteiger partial charge >= 0.3 is 0 Å². The molecule has 0 radical (unpaired) electrons. The molecule has 0 unspecified atom stereocenters. The topological polar surface area (TPSA) is 69.5 Å². The number of fused-ring (bicyclic) bond motifs is 1. The molecule has 2 heterocycles. The Morgan fingerprint density at radius 2 is 1.88 bits per heavy atom. The van der Waals surface area contributed by atoms with Crippen LogP contribution >= 0.6 is 0 Å². The lowest BCUT2D eigenvalue weighted by atomic mass is 10.0. The van der Waals surface area contributed by atoms with Gasteiger partial charge in [-0.1, -0.05) is 23.8 Å². The van der Waals surface area contributed by atoms with E-state index >= 15 is 0 Å². The van der Waals surface area contributed by atoms with Gasteiger partial charge in [0, 0.05) is 44.3 Å². The van der Waals surface area contributed by atoms with E-state index in [-0.39, 0.29) is 5.91 Å². The summed E-state index contributed by atoms with van der Waals surface area (Å²) in [5, 5.41) is 5.34. The van der Waals surface area contributed by atoms with Crippen molar-refractivity contribution in [3.05, 3.63) is 77.1 Å². The third-order valence-corrected chi connectivity index (χ3v) is 5.83. The molecule has 7 heteroatoms. The van der Waals surface area contributed by atoms with Crippen LogP contribution in [0.5, 0.6) is 5.75 Å². The minimum absolute atomic E-state index is 0.0924. The van der Waals surface area contributed by atoms with Crippen molar-refractivity contribution in [1.29, 1.82) is 0 Å². The molecule has 0 aliphatic carbocycles. The second-order valence-electron chi connectivity index (χ2n) is 8.44. The van der Waals surface area contributed by atoms with Crippen LogP contribution in [-0.2, 0) is 18.3 Å². The third-order valence-electron chi connectivity index (χ3n) is 5.83. The van der Waals surface area contributed by atoms with E-state index in [1.807, 2.05) is 37.3 Å². The molecule has 7 nitrogen and oxygen atoms in total. The molecule has 2 aromatic carbocycles. The Hall–Kier alpha value is -3.71. The highest BCUT2D eigenvalue weighted by Crippen LogP contribution is 2.29. The van der Waals surface area contributed by atoms with Gasteiger partial charge in [-0.3, -0.25) is 9.48 Å². The highest BCUT2D eigenvalue weighted by molar-refractivity contribution is 5.93. The van der Waals surface area contributed by atoms with Crippen molar-refractivity contribution < 1.29 is 14.3 Å². The molecule has 0 bridgehead atoms. The molecule has 176 valence electrons.